The summed E-state index contributed by atoms with van der Waals surface area (Å²) >= 11 is 0. The van der Waals surface area contributed by atoms with Crippen LogP contribution in [0.3, 0.4) is 0 Å². The van der Waals surface area contributed by atoms with E-state index in [2.05, 4.69) is 27.7 Å². The molecule has 2 nitrogen and oxygen atoms in total. The van der Waals surface area contributed by atoms with Gasteiger partial charge in [-0.2, -0.15) is 0 Å². The maximum Gasteiger partial charge on any atom is 0.126 e. The molecule has 0 aromatic heterocycles. The summed E-state index contributed by atoms with van der Waals surface area (Å²) in [5, 5.41) is 0. The minimum Gasteiger partial charge on any atom is -0.485 e. The van der Waals surface area contributed by atoms with Gasteiger partial charge in [-0.1, -0.05) is 77.0 Å². The van der Waals surface area contributed by atoms with Crippen molar-refractivity contribution in [1.29, 1.82) is 0 Å². The number of para-hydroxylation sites is 1. The Balaban J connectivity index is 0.00000576. The minimum atomic E-state index is -0.362. The molecule has 0 fully saturated rings. The van der Waals surface area contributed by atoms with Gasteiger partial charge in [-0.25, -0.2) is 0 Å². The Morgan fingerprint density at radius 1 is 0.840 bits per heavy atom. The van der Waals surface area contributed by atoms with E-state index in [0.717, 1.165) is 18.6 Å². The quantitative estimate of drug-likeness (QED) is 0.351. The molecule has 25 heavy (non-hydrogen) atoms. The third kappa shape index (κ3) is 8.59. The highest BCUT2D eigenvalue weighted by Gasteiger charge is 2.42. The summed E-state index contributed by atoms with van der Waals surface area (Å²) in [5.74, 6) is 0.928. The van der Waals surface area contributed by atoms with Crippen LogP contribution in [0.5, 0.6) is 5.75 Å². The highest BCUT2D eigenvalue weighted by molar-refractivity contribution is 8.93. The van der Waals surface area contributed by atoms with Crippen LogP contribution in [0.4, 0.5) is 0 Å². The van der Waals surface area contributed by atoms with Crippen molar-refractivity contribution < 1.29 is 4.74 Å². The van der Waals surface area contributed by atoms with Gasteiger partial charge < -0.3 is 10.5 Å². The van der Waals surface area contributed by atoms with Crippen molar-refractivity contribution in [3.05, 3.63) is 30.3 Å². The first-order valence-corrected chi connectivity index (χ1v) is 9.98. The first-order chi connectivity index (χ1) is 11.4. The molecule has 0 amide bonds. The molecule has 1 unspecified atom stereocenters. The Kier molecular flexibility index (Phi) is 12.5. The molecule has 0 spiro atoms. The van der Waals surface area contributed by atoms with Crippen LogP contribution in [0, 0.1) is 0 Å². The second-order valence-corrected chi connectivity index (χ2v) is 7.71. The lowest BCUT2D eigenvalue weighted by Crippen LogP contribution is -2.59. The van der Waals surface area contributed by atoms with E-state index in [1.54, 1.807) is 0 Å². The third-order valence-corrected chi connectivity index (χ3v) is 5.24. The standard InChI is InChI=1S/C22H39NO.BrH/c1-5-7-8-9-10-11-12-16-19-22(6-2,21(3,4)23)24-20-17-14-13-15-18-20;/h13-15,17-18H,5-12,16,19,23H2,1-4H3;1H. The van der Waals surface area contributed by atoms with Gasteiger partial charge in [0.2, 0.25) is 0 Å². The fraction of sp³-hybridized carbons (Fsp3) is 0.727. The van der Waals surface area contributed by atoms with E-state index < -0.39 is 0 Å². The van der Waals surface area contributed by atoms with Crippen LogP contribution >= 0.6 is 17.0 Å². The zero-order chi connectivity index (χ0) is 17.9. The van der Waals surface area contributed by atoms with E-state index in [1.807, 2.05) is 30.3 Å². The zero-order valence-corrected chi connectivity index (χ0v) is 18.6. The van der Waals surface area contributed by atoms with Crippen LogP contribution < -0.4 is 10.5 Å². The molecule has 0 radical (unpaired) electrons. The van der Waals surface area contributed by atoms with Crippen molar-refractivity contribution in [1.82, 2.24) is 0 Å². The first kappa shape index (κ1) is 24.5. The molecule has 0 saturated heterocycles. The number of ether oxygens (including phenoxy) is 1. The predicted octanol–water partition coefficient (Wildman–Crippen LogP) is 7.06. The molecule has 0 aliphatic heterocycles. The lowest BCUT2D eigenvalue weighted by atomic mass is 9.77. The Labute approximate surface area is 166 Å². The third-order valence-electron chi connectivity index (χ3n) is 5.24. The monoisotopic (exact) mass is 413 g/mol. The highest BCUT2D eigenvalue weighted by atomic mass is 79.9. The average molecular weight is 414 g/mol. The molecule has 0 saturated carbocycles. The van der Waals surface area contributed by atoms with Crippen molar-refractivity contribution >= 4 is 17.0 Å². The van der Waals surface area contributed by atoms with Gasteiger partial charge in [-0.3, -0.25) is 0 Å². The smallest absolute Gasteiger partial charge is 0.126 e. The van der Waals surface area contributed by atoms with E-state index in [1.165, 1.54) is 51.4 Å². The van der Waals surface area contributed by atoms with Gasteiger partial charge in [0.05, 0.1) is 5.54 Å². The zero-order valence-electron chi connectivity index (χ0n) is 16.9. The van der Waals surface area contributed by atoms with E-state index >= 15 is 0 Å². The Hall–Kier alpha value is -0.540. The second-order valence-electron chi connectivity index (χ2n) is 7.71. The lowest BCUT2D eigenvalue weighted by molar-refractivity contribution is -0.00924. The van der Waals surface area contributed by atoms with Crippen LogP contribution in [0.15, 0.2) is 30.3 Å². The summed E-state index contributed by atoms with van der Waals surface area (Å²) in [6.07, 6.45) is 12.6. The van der Waals surface area contributed by atoms with Crippen LogP contribution in [0.1, 0.15) is 91.9 Å². The summed E-state index contributed by atoms with van der Waals surface area (Å²) in [6.45, 7) is 8.67. The van der Waals surface area contributed by atoms with Crippen LogP contribution in [0.2, 0.25) is 0 Å². The van der Waals surface area contributed by atoms with E-state index in [0.29, 0.717) is 0 Å². The maximum atomic E-state index is 6.54. The number of halogens is 1. The van der Waals surface area contributed by atoms with E-state index in [9.17, 15) is 0 Å². The van der Waals surface area contributed by atoms with Gasteiger partial charge in [0.25, 0.3) is 0 Å². The summed E-state index contributed by atoms with van der Waals surface area (Å²) in [7, 11) is 0. The largest absolute Gasteiger partial charge is 0.485 e. The van der Waals surface area contributed by atoms with Crippen LogP contribution in [0.25, 0.3) is 0 Å². The summed E-state index contributed by atoms with van der Waals surface area (Å²) in [4.78, 5) is 0. The van der Waals surface area contributed by atoms with Gasteiger partial charge in [-0.05, 0) is 45.2 Å². The molecule has 1 aromatic carbocycles. The number of nitrogens with two attached hydrogens (primary N) is 1. The molecule has 0 bridgehead atoms. The van der Waals surface area contributed by atoms with Crippen molar-refractivity contribution in [2.24, 2.45) is 5.73 Å². The van der Waals surface area contributed by atoms with Crippen molar-refractivity contribution in [3.63, 3.8) is 0 Å². The number of unbranched alkanes of at least 4 members (excludes halogenated alkanes) is 7. The van der Waals surface area contributed by atoms with E-state index in [4.69, 9.17) is 10.5 Å². The first-order valence-electron chi connectivity index (χ1n) is 9.98. The molecule has 1 atom stereocenters. The molecule has 0 heterocycles. The number of hydrogen-bond donors (Lipinski definition) is 1. The Morgan fingerprint density at radius 2 is 1.36 bits per heavy atom. The molecular formula is C22H40BrNO. The van der Waals surface area contributed by atoms with Gasteiger partial charge >= 0.3 is 0 Å². The number of rotatable bonds is 13. The maximum absolute atomic E-state index is 6.54. The Morgan fingerprint density at radius 3 is 1.84 bits per heavy atom. The van der Waals surface area contributed by atoms with Gasteiger partial charge in [0, 0.05) is 0 Å². The minimum absolute atomic E-state index is 0. The average Bonchev–Trinajstić information content (AvgIpc) is 2.56. The molecular weight excluding hydrogens is 374 g/mol. The topological polar surface area (TPSA) is 35.2 Å². The summed E-state index contributed by atoms with van der Waals surface area (Å²) in [6, 6.07) is 10.1. The normalized spacial score (nSPS) is 13.8. The molecule has 0 aliphatic rings. The van der Waals surface area contributed by atoms with E-state index in [-0.39, 0.29) is 28.1 Å². The highest BCUT2D eigenvalue weighted by Crippen LogP contribution is 2.35. The van der Waals surface area contributed by atoms with Crippen LogP contribution in [-0.2, 0) is 0 Å². The second kappa shape index (κ2) is 12.8. The molecule has 0 aliphatic carbocycles. The SMILES string of the molecule is Br.CCCCCCCCCCC(CC)(Oc1ccccc1)C(C)(C)N. The number of hydrogen-bond acceptors (Lipinski definition) is 2. The van der Waals surface area contributed by atoms with Crippen LogP contribution in [-0.4, -0.2) is 11.1 Å². The van der Waals surface area contributed by atoms with Crippen molar-refractivity contribution in [2.45, 2.75) is 103 Å². The summed E-state index contributed by atoms with van der Waals surface area (Å²) < 4.78 is 6.45. The molecule has 1 rings (SSSR count). The molecule has 3 heteroatoms. The summed E-state index contributed by atoms with van der Waals surface area (Å²) in [5.41, 5.74) is 5.89. The van der Waals surface area contributed by atoms with Crippen molar-refractivity contribution in [3.8, 4) is 5.75 Å². The van der Waals surface area contributed by atoms with Gasteiger partial charge in [0.1, 0.15) is 11.4 Å². The fourth-order valence-corrected chi connectivity index (χ4v) is 3.47. The Bertz CT molecular complexity index is 429. The predicted molar refractivity (Wildman–Crippen MR) is 116 cm³/mol. The van der Waals surface area contributed by atoms with Gasteiger partial charge in [-0.15, -0.1) is 17.0 Å². The number of benzene rings is 1. The fourth-order valence-electron chi connectivity index (χ4n) is 3.47. The molecule has 2 N–H and O–H groups in total. The molecule has 146 valence electrons. The lowest BCUT2D eigenvalue weighted by Gasteiger charge is -2.44. The van der Waals surface area contributed by atoms with Crippen molar-refractivity contribution in [2.75, 3.05) is 0 Å². The van der Waals surface area contributed by atoms with Gasteiger partial charge in [0.15, 0.2) is 0 Å². The molecule has 1 aromatic rings.